The summed E-state index contributed by atoms with van der Waals surface area (Å²) in [4.78, 5) is 5.39. The molecule has 0 fully saturated rings. The van der Waals surface area contributed by atoms with Crippen molar-refractivity contribution >= 4 is 88.0 Å². The first kappa shape index (κ1) is 30.5. The number of thiazole rings is 1. The lowest BCUT2D eigenvalue weighted by Crippen LogP contribution is -2.36. The fourth-order valence-corrected chi connectivity index (χ4v) is 9.71. The van der Waals surface area contributed by atoms with Crippen LogP contribution in [0.1, 0.15) is 17.8 Å². The SMILES string of the molecule is O=S(=O)(O)CCCN1/C(=C/c2sc3ccc(-c4cccs4)cc3[n+]2CCCS(=O)(=O)O)Sc2ccc(-c3cccs3)cc21. The summed E-state index contributed by atoms with van der Waals surface area (Å²) < 4.78 is 68.0. The van der Waals surface area contributed by atoms with Crippen LogP contribution in [-0.2, 0) is 26.8 Å². The average Bonchev–Trinajstić information content (AvgIpc) is 3.75. The molecule has 0 radical (unpaired) electrons. The monoisotopic (exact) mass is 691 g/mol. The molecule has 43 heavy (non-hydrogen) atoms. The second kappa shape index (κ2) is 12.4. The van der Waals surface area contributed by atoms with Crippen LogP contribution >= 0.6 is 45.8 Å². The summed E-state index contributed by atoms with van der Waals surface area (Å²) in [6.45, 7) is 0.769. The number of aromatic nitrogens is 1. The van der Waals surface area contributed by atoms with E-state index in [1.807, 2.05) is 22.9 Å². The zero-order chi connectivity index (χ0) is 30.2. The molecule has 3 aromatic heterocycles. The van der Waals surface area contributed by atoms with Gasteiger partial charge in [0, 0.05) is 33.7 Å². The van der Waals surface area contributed by atoms with E-state index in [1.54, 1.807) is 45.8 Å². The predicted molar refractivity (Wildman–Crippen MR) is 178 cm³/mol. The molecule has 0 saturated carbocycles. The molecule has 14 heteroatoms. The van der Waals surface area contributed by atoms with E-state index in [-0.39, 0.29) is 24.3 Å². The van der Waals surface area contributed by atoms with Gasteiger partial charge in [0.1, 0.15) is 4.70 Å². The van der Waals surface area contributed by atoms with E-state index in [4.69, 9.17) is 0 Å². The lowest BCUT2D eigenvalue weighted by Gasteiger charge is -2.20. The molecule has 224 valence electrons. The summed E-state index contributed by atoms with van der Waals surface area (Å²) in [5.41, 5.74) is 4.07. The summed E-state index contributed by atoms with van der Waals surface area (Å²) in [6, 6.07) is 20.7. The minimum Gasteiger partial charge on any atom is -0.335 e. The molecule has 1 aliphatic heterocycles. The minimum absolute atomic E-state index is 0.240. The molecule has 0 atom stereocenters. The maximum atomic E-state index is 11.5. The van der Waals surface area contributed by atoms with Crippen LogP contribution in [0, 0.1) is 0 Å². The van der Waals surface area contributed by atoms with Crippen molar-refractivity contribution in [3.8, 4) is 20.9 Å². The van der Waals surface area contributed by atoms with E-state index in [9.17, 15) is 25.9 Å². The van der Waals surface area contributed by atoms with E-state index in [1.165, 1.54) is 0 Å². The number of anilines is 1. The summed E-state index contributed by atoms with van der Waals surface area (Å²) in [6.07, 6.45) is 2.54. The lowest BCUT2D eigenvalue weighted by molar-refractivity contribution is -0.668. The summed E-state index contributed by atoms with van der Waals surface area (Å²) in [5, 5.41) is 5.86. The molecule has 0 bridgehead atoms. The van der Waals surface area contributed by atoms with Gasteiger partial charge in [0.2, 0.25) is 5.52 Å². The standard InChI is InChI=1S/C29H26N2O6S6/c32-42(33,34)15-3-11-30-22-17-20(24-5-1-13-38-24)7-9-26(22)40-28(30)19-29-31(12-4-16-43(35,36)37)23-18-21(8-10-27(23)41-29)25-6-2-14-39-25/h1-2,5-10,13-14,17-19H,3-4,11-12,15-16H2,(H-,32,33,34,35,36,37)/p+1. The Hall–Kier alpha value is -2.56. The predicted octanol–water partition coefficient (Wildman–Crippen LogP) is 7.11. The second-order valence-corrected chi connectivity index (χ2v) is 17.1. The van der Waals surface area contributed by atoms with Crippen LogP contribution < -0.4 is 9.47 Å². The Morgan fingerprint density at radius 2 is 1.47 bits per heavy atom. The molecule has 5 aromatic rings. The van der Waals surface area contributed by atoms with E-state index in [0.29, 0.717) is 13.1 Å². The van der Waals surface area contributed by atoms with E-state index >= 15 is 0 Å². The van der Waals surface area contributed by atoms with Crippen LogP contribution in [0.25, 0.3) is 37.2 Å². The fourth-order valence-electron chi connectivity index (χ4n) is 4.99. The molecule has 0 unspecified atom stereocenters. The highest BCUT2D eigenvalue weighted by Gasteiger charge is 2.29. The van der Waals surface area contributed by atoms with Crippen molar-refractivity contribution in [3.63, 3.8) is 0 Å². The molecule has 2 N–H and O–H groups in total. The zero-order valence-corrected chi connectivity index (χ0v) is 27.5. The van der Waals surface area contributed by atoms with Gasteiger partial charge in [-0.15, -0.1) is 22.7 Å². The molecule has 1 aliphatic rings. The molecule has 0 aliphatic carbocycles. The lowest BCUT2D eigenvalue weighted by atomic mass is 10.1. The summed E-state index contributed by atoms with van der Waals surface area (Å²) in [7, 11) is -8.21. The van der Waals surface area contributed by atoms with Crippen LogP contribution in [0.2, 0.25) is 0 Å². The van der Waals surface area contributed by atoms with Gasteiger partial charge in [-0.3, -0.25) is 9.11 Å². The van der Waals surface area contributed by atoms with Crippen molar-refractivity contribution in [1.82, 2.24) is 0 Å². The molecule has 0 saturated heterocycles. The van der Waals surface area contributed by atoms with Gasteiger partial charge in [0.05, 0.1) is 28.3 Å². The van der Waals surface area contributed by atoms with Crippen molar-refractivity contribution in [1.29, 1.82) is 0 Å². The molecule has 2 aromatic carbocycles. The van der Waals surface area contributed by atoms with Gasteiger partial charge in [-0.25, -0.2) is 0 Å². The number of thioether (sulfide) groups is 1. The van der Waals surface area contributed by atoms with Crippen molar-refractivity contribution in [2.24, 2.45) is 0 Å². The van der Waals surface area contributed by atoms with Crippen molar-refractivity contribution in [3.05, 3.63) is 81.5 Å². The van der Waals surface area contributed by atoms with Crippen LogP contribution in [0.3, 0.4) is 0 Å². The summed E-state index contributed by atoms with van der Waals surface area (Å²) >= 11 is 6.47. The van der Waals surface area contributed by atoms with Crippen LogP contribution in [0.4, 0.5) is 5.69 Å². The average molecular weight is 692 g/mol. The van der Waals surface area contributed by atoms with Gasteiger partial charge < -0.3 is 4.90 Å². The Bertz CT molecular complexity index is 2010. The normalized spacial score (nSPS) is 14.7. The third-order valence-corrected chi connectivity index (χ3v) is 12.6. The Labute approximate surface area is 266 Å². The fraction of sp³-hybridized carbons (Fsp3) is 0.207. The minimum atomic E-state index is -4.10. The van der Waals surface area contributed by atoms with E-state index < -0.39 is 20.2 Å². The topological polar surface area (TPSA) is 116 Å². The smallest absolute Gasteiger partial charge is 0.265 e. The second-order valence-electron chi connectivity index (χ2n) is 9.93. The Morgan fingerprint density at radius 1 is 0.814 bits per heavy atom. The molecule has 8 nitrogen and oxygen atoms in total. The number of thiophene rings is 2. The number of hydrogen-bond acceptors (Lipinski definition) is 9. The van der Waals surface area contributed by atoms with Gasteiger partial charge >= 0.3 is 0 Å². The quantitative estimate of drug-likeness (QED) is 0.111. The van der Waals surface area contributed by atoms with Gasteiger partial charge in [-0.1, -0.05) is 47.4 Å². The Kier molecular flexibility index (Phi) is 8.82. The molecule has 0 amide bonds. The highest BCUT2D eigenvalue weighted by Crippen LogP contribution is 2.48. The van der Waals surface area contributed by atoms with Crippen molar-refractivity contribution in [2.75, 3.05) is 23.0 Å². The maximum absolute atomic E-state index is 11.5. The van der Waals surface area contributed by atoms with E-state index in [2.05, 4.69) is 64.1 Å². The molecule has 6 rings (SSSR count). The highest BCUT2D eigenvalue weighted by atomic mass is 32.2. The molecular formula is C29H27N2O6S6+. The third kappa shape index (κ3) is 7.23. The number of aryl methyl sites for hydroxylation is 1. The number of rotatable bonds is 11. The Balaban J connectivity index is 1.42. The molecular weight excluding hydrogens is 665 g/mol. The van der Waals surface area contributed by atoms with Crippen LogP contribution in [0.15, 0.2) is 81.3 Å². The first-order chi connectivity index (χ1) is 20.5. The highest BCUT2D eigenvalue weighted by molar-refractivity contribution is 8.04. The summed E-state index contributed by atoms with van der Waals surface area (Å²) in [5.74, 6) is -0.684. The van der Waals surface area contributed by atoms with Crippen LogP contribution in [0.5, 0.6) is 0 Å². The number of hydrogen-bond donors (Lipinski definition) is 2. The largest absolute Gasteiger partial charge is 0.335 e. The van der Waals surface area contributed by atoms with Gasteiger partial charge in [0.15, 0.2) is 6.54 Å². The maximum Gasteiger partial charge on any atom is 0.265 e. The molecule has 0 spiro atoms. The first-order valence-corrected chi connectivity index (χ1v) is 19.9. The van der Waals surface area contributed by atoms with Gasteiger partial charge in [0.25, 0.3) is 25.2 Å². The zero-order valence-electron chi connectivity index (χ0n) is 22.6. The first-order valence-electron chi connectivity index (χ1n) is 13.3. The van der Waals surface area contributed by atoms with Crippen molar-refractivity contribution in [2.45, 2.75) is 24.3 Å². The Morgan fingerprint density at radius 3 is 2.12 bits per heavy atom. The van der Waals surface area contributed by atoms with E-state index in [0.717, 1.165) is 51.7 Å². The van der Waals surface area contributed by atoms with Gasteiger partial charge in [-0.2, -0.15) is 21.4 Å². The van der Waals surface area contributed by atoms with Gasteiger partial charge in [-0.05, 0) is 58.6 Å². The van der Waals surface area contributed by atoms with Crippen molar-refractivity contribution < 1.29 is 30.5 Å². The third-order valence-electron chi connectivity index (χ3n) is 6.89. The molecule has 4 heterocycles. The van der Waals surface area contributed by atoms with Crippen LogP contribution in [-0.4, -0.2) is 44.0 Å². The number of nitrogens with zero attached hydrogens (tertiary/aromatic N) is 2. The number of fused-ring (bicyclic) bond motifs is 2. The number of benzene rings is 2.